The van der Waals surface area contributed by atoms with Crippen LogP contribution in [-0.2, 0) is 19.4 Å². The first-order chi connectivity index (χ1) is 10.3. The van der Waals surface area contributed by atoms with E-state index >= 15 is 0 Å². The van der Waals surface area contributed by atoms with Gasteiger partial charge in [-0.15, -0.1) is 0 Å². The number of aryl methyl sites for hydroxylation is 1. The van der Waals surface area contributed by atoms with E-state index in [9.17, 15) is 5.11 Å². The second-order valence-corrected chi connectivity index (χ2v) is 5.61. The Hall–Kier alpha value is -1.71. The lowest BCUT2D eigenvalue weighted by molar-refractivity contribution is 0.464. The van der Waals surface area contributed by atoms with E-state index < -0.39 is 0 Å². The molecule has 1 aliphatic carbocycles. The molecule has 0 radical (unpaired) electrons. The first-order valence-corrected chi connectivity index (χ1v) is 8.03. The Kier molecular flexibility index (Phi) is 5.90. The SMILES string of the molecule is CCCCNC(=NC)NCc1c(O)ccc2c1CCCC2. The summed E-state index contributed by atoms with van der Waals surface area (Å²) in [6.45, 7) is 3.72. The zero-order valence-electron chi connectivity index (χ0n) is 13.2. The van der Waals surface area contributed by atoms with Gasteiger partial charge in [0.2, 0.25) is 0 Å². The van der Waals surface area contributed by atoms with Gasteiger partial charge in [-0.25, -0.2) is 0 Å². The number of aromatic hydroxyl groups is 1. The lowest BCUT2D eigenvalue weighted by Gasteiger charge is -2.21. The average Bonchev–Trinajstić information content (AvgIpc) is 2.52. The lowest BCUT2D eigenvalue weighted by Crippen LogP contribution is -2.37. The Morgan fingerprint density at radius 1 is 1.24 bits per heavy atom. The molecular formula is C17H27N3O. The Balaban J connectivity index is 2.02. The largest absolute Gasteiger partial charge is 0.508 e. The molecule has 0 atom stereocenters. The molecule has 0 fully saturated rings. The van der Waals surface area contributed by atoms with Gasteiger partial charge < -0.3 is 15.7 Å². The van der Waals surface area contributed by atoms with Crippen molar-refractivity contribution in [3.63, 3.8) is 0 Å². The molecule has 0 spiro atoms. The van der Waals surface area contributed by atoms with E-state index in [-0.39, 0.29) is 0 Å². The van der Waals surface area contributed by atoms with Crippen LogP contribution in [0.25, 0.3) is 0 Å². The predicted molar refractivity (Wildman–Crippen MR) is 87.9 cm³/mol. The maximum absolute atomic E-state index is 10.2. The number of guanidine groups is 1. The molecule has 0 aromatic heterocycles. The molecule has 0 aliphatic heterocycles. The zero-order chi connectivity index (χ0) is 15.1. The molecule has 2 rings (SSSR count). The highest BCUT2D eigenvalue weighted by Crippen LogP contribution is 2.30. The molecule has 0 heterocycles. The van der Waals surface area contributed by atoms with Crippen molar-refractivity contribution in [2.45, 2.75) is 52.0 Å². The molecule has 21 heavy (non-hydrogen) atoms. The smallest absolute Gasteiger partial charge is 0.191 e. The summed E-state index contributed by atoms with van der Waals surface area (Å²) < 4.78 is 0. The Morgan fingerprint density at radius 3 is 2.81 bits per heavy atom. The third-order valence-electron chi connectivity index (χ3n) is 4.11. The molecule has 0 bridgehead atoms. The second kappa shape index (κ2) is 7.91. The van der Waals surface area contributed by atoms with Crippen LogP contribution in [0, 0.1) is 0 Å². The van der Waals surface area contributed by atoms with Gasteiger partial charge in [-0.2, -0.15) is 0 Å². The van der Waals surface area contributed by atoms with Crippen LogP contribution >= 0.6 is 0 Å². The number of hydrogen-bond acceptors (Lipinski definition) is 2. The Labute approximate surface area is 127 Å². The molecule has 1 aromatic rings. The van der Waals surface area contributed by atoms with Crippen LogP contribution < -0.4 is 10.6 Å². The van der Waals surface area contributed by atoms with E-state index in [2.05, 4.69) is 28.6 Å². The van der Waals surface area contributed by atoms with Crippen molar-refractivity contribution in [3.05, 3.63) is 28.8 Å². The quantitative estimate of drug-likeness (QED) is 0.444. The maximum atomic E-state index is 10.2. The summed E-state index contributed by atoms with van der Waals surface area (Å²) in [6.07, 6.45) is 6.97. The summed E-state index contributed by atoms with van der Waals surface area (Å²) >= 11 is 0. The first kappa shape index (κ1) is 15.7. The minimum Gasteiger partial charge on any atom is -0.508 e. The number of phenols is 1. The number of fused-ring (bicyclic) bond motifs is 1. The van der Waals surface area contributed by atoms with Crippen molar-refractivity contribution in [1.29, 1.82) is 0 Å². The molecule has 3 N–H and O–H groups in total. The van der Waals surface area contributed by atoms with Gasteiger partial charge in [0.1, 0.15) is 5.75 Å². The monoisotopic (exact) mass is 289 g/mol. The van der Waals surface area contributed by atoms with Crippen molar-refractivity contribution in [1.82, 2.24) is 10.6 Å². The van der Waals surface area contributed by atoms with Crippen molar-refractivity contribution in [2.24, 2.45) is 4.99 Å². The molecule has 1 aromatic carbocycles. The van der Waals surface area contributed by atoms with Crippen molar-refractivity contribution in [3.8, 4) is 5.75 Å². The van der Waals surface area contributed by atoms with E-state index in [1.807, 2.05) is 6.07 Å². The molecule has 4 heteroatoms. The van der Waals surface area contributed by atoms with Gasteiger partial charge in [0, 0.05) is 25.7 Å². The molecule has 4 nitrogen and oxygen atoms in total. The van der Waals surface area contributed by atoms with Crippen LogP contribution in [0.5, 0.6) is 5.75 Å². The van der Waals surface area contributed by atoms with Gasteiger partial charge in [0.15, 0.2) is 5.96 Å². The minimum absolute atomic E-state index is 0.396. The molecule has 116 valence electrons. The van der Waals surface area contributed by atoms with E-state index in [1.54, 1.807) is 7.05 Å². The molecule has 0 amide bonds. The Bertz CT molecular complexity index is 497. The number of aliphatic imine (C=N–C) groups is 1. The first-order valence-electron chi connectivity index (χ1n) is 8.03. The maximum Gasteiger partial charge on any atom is 0.191 e. The van der Waals surface area contributed by atoms with E-state index in [4.69, 9.17) is 0 Å². The highest BCUT2D eigenvalue weighted by molar-refractivity contribution is 5.79. The second-order valence-electron chi connectivity index (χ2n) is 5.61. The van der Waals surface area contributed by atoms with Gasteiger partial charge in [0.25, 0.3) is 0 Å². The summed E-state index contributed by atoms with van der Waals surface area (Å²) in [5.41, 5.74) is 3.76. The highest BCUT2D eigenvalue weighted by Gasteiger charge is 2.16. The van der Waals surface area contributed by atoms with Crippen molar-refractivity contribution >= 4 is 5.96 Å². The third kappa shape index (κ3) is 4.13. The minimum atomic E-state index is 0.396. The summed E-state index contributed by atoms with van der Waals surface area (Å²) in [5.74, 6) is 1.20. The van der Waals surface area contributed by atoms with Gasteiger partial charge in [-0.1, -0.05) is 19.4 Å². The van der Waals surface area contributed by atoms with E-state index in [1.165, 1.54) is 24.0 Å². The summed E-state index contributed by atoms with van der Waals surface area (Å²) in [5, 5.41) is 16.8. The van der Waals surface area contributed by atoms with E-state index in [0.29, 0.717) is 12.3 Å². The van der Waals surface area contributed by atoms with Crippen LogP contribution in [0.1, 0.15) is 49.3 Å². The third-order valence-corrected chi connectivity index (χ3v) is 4.11. The molecular weight excluding hydrogens is 262 g/mol. The average molecular weight is 289 g/mol. The van der Waals surface area contributed by atoms with Crippen LogP contribution in [0.4, 0.5) is 0 Å². The fourth-order valence-electron chi connectivity index (χ4n) is 2.87. The van der Waals surface area contributed by atoms with Gasteiger partial charge in [-0.3, -0.25) is 4.99 Å². The standard InChI is InChI=1S/C17H27N3O/c1-3-4-11-19-17(18-2)20-12-15-14-8-6-5-7-13(14)9-10-16(15)21/h9-10,21H,3-8,11-12H2,1-2H3,(H2,18,19,20). The number of phenolic OH excluding ortho intramolecular Hbond substituents is 1. The van der Waals surface area contributed by atoms with Gasteiger partial charge in [-0.05, 0) is 49.3 Å². The number of nitrogens with zero attached hydrogens (tertiary/aromatic N) is 1. The lowest BCUT2D eigenvalue weighted by atomic mass is 9.88. The molecule has 0 saturated carbocycles. The van der Waals surface area contributed by atoms with Crippen LogP contribution in [0.2, 0.25) is 0 Å². The van der Waals surface area contributed by atoms with Crippen molar-refractivity contribution in [2.75, 3.05) is 13.6 Å². The number of hydrogen-bond donors (Lipinski definition) is 3. The van der Waals surface area contributed by atoms with Gasteiger partial charge in [0.05, 0.1) is 0 Å². The zero-order valence-corrected chi connectivity index (χ0v) is 13.2. The number of rotatable bonds is 5. The molecule has 0 saturated heterocycles. The normalized spacial score (nSPS) is 14.7. The topological polar surface area (TPSA) is 56.7 Å². The molecule has 0 unspecified atom stereocenters. The molecule has 1 aliphatic rings. The number of unbranched alkanes of at least 4 members (excludes halogenated alkanes) is 1. The summed E-state index contributed by atoms with van der Waals surface area (Å²) in [4.78, 5) is 4.23. The van der Waals surface area contributed by atoms with Crippen molar-refractivity contribution < 1.29 is 5.11 Å². The van der Waals surface area contributed by atoms with Crippen LogP contribution in [0.3, 0.4) is 0 Å². The predicted octanol–water partition coefficient (Wildman–Crippen LogP) is 2.74. The van der Waals surface area contributed by atoms with E-state index in [0.717, 1.165) is 43.8 Å². The fraction of sp³-hybridized carbons (Fsp3) is 0.588. The van der Waals surface area contributed by atoms with Crippen LogP contribution in [-0.4, -0.2) is 24.7 Å². The Morgan fingerprint density at radius 2 is 2.05 bits per heavy atom. The number of benzene rings is 1. The van der Waals surface area contributed by atoms with Gasteiger partial charge >= 0.3 is 0 Å². The van der Waals surface area contributed by atoms with Crippen LogP contribution in [0.15, 0.2) is 17.1 Å². The fourth-order valence-corrected chi connectivity index (χ4v) is 2.87. The highest BCUT2D eigenvalue weighted by atomic mass is 16.3. The number of nitrogens with one attached hydrogen (secondary N) is 2. The summed E-state index contributed by atoms with van der Waals surface area (Å²) in [7, 11) is 1.78. The summed E-state index contributed by atoms with van der Waals surface area (Å²) in [6, 6.07) is 3.90.